The van der Waals surface area contributed by atoms with Crippen molar-refractivity contribution in [3.05, 3.63) is 28.1 Å². The maximum Gasteiger partial charge on any atom is 0.313 e. The van der Waals surface area contributed by atoms with Crippen molar-refractivity contribution in [3.63, 3.8) is 0 Å². The molecule has 6 heteroatoms. The van der Waals surface area contributed by atoms with E-state index in [1.807, 2.05) is 0 Å². The van der Waals surface area contributed by atoms with Crippen molar-refractivity contribution in [3.8, 4) is 0 Å². The van der Waals surface area contributed by atoms with Crippen molar-refractivity contribution in [2.45, 2.75) is 45.1 Å². The smallest absolute Gasteiger partial charge is 0.313 e. The fourth-order valence-electron chi connectivity index (χ4n) is 3.80. The lowest BCUT2D eigenvalue weighted by Gasteiger charge is -2.41. The minimum atomic E-state index is -0.300. The van der Waals surface area contributed by atoms with E-state index in [1.54, 1.807) is 19.2 Å². The van der Waals surface area contributed by atoms with Gasteiger partial charge in [0.1, 0.15) is 11.4 Å². The van der Waals surface area contributed by atoms with E-state index < -0.39 is 0 Å². The fraction of sp³-hybridized carbons (Fsp3) is 0.688. The molecule has 1 aromatic heterocycles. The molecule has 22 heavy (non-hydrogen) atoms. The monoisotopic (exact) mass is 304 g/mol. The van der Waals surface area contributed by atoms with E-state index in [-0.39, 0.29) is 10.6 Å². The highest BCUT2D eigenvalue weighted by atomic mass is 16.6. The molecule has 1 aromatic rings. The van der Waals surface area contributed by atoms with Crippen LogP contribution >= 0.6 is 0 Å². The number of nitrogens with zero attached hydrogens (tertiary/aromatic N) is 4. The van der Waals surface area contributed by atoms with Crippen molar-refractivity contribution in [2.75, 3.05) is 31.1 Å². The van der Waals surface area contributed by atoms with Crippen LogP contribution in [0.15, 0.2) is 12.3 Å². The van der Waals surface area contributed by atoms with Gasteiger partial charge in [0, 0.05) is 38.4 Å². The van der Waals surface area contributed by atoms with Gasteiger partial charge in [0.25, 0.3) is 0 Å². The van der Waals surface area contributed by atoms with Crippen LogP contribution in [0.1, 0.15) is 37.8 Å². The topological polar surface area (TPSA) is 62.5 Å². The van der Waals surface area contributed by atoms with E-state index in [2.05, 4.69) is 14.8 Å². The quantitative estimate of drug-likeness (QED) is 0.634. The molecule has 2 heterocycles. The molecule has 0 N–H and O–H groups in total. The summed E-state index contributed by atoms with van der Waals surface area (Å²) in [6, 6.07) is 2.51. The third-order valence-corrected chi connectivity index (χ3v) is 5.01. The predicted molar refractivity (Wildman–Crippen MR) is 86.3 cm³/mol. The Hall–Kier alpha value is -1.69. The Morgan fingerprint density at radius 2 is 1.86 bits per heavy atom. The summed E-state index contributed by atoms with van der Waals surface area (Å²) in [5, 5.41) is 11.3. The van der Waals surface area contributed by atoms with Crippen molar-refractivity contribution >= 4 is 11.4 Å². The third kappa shape index (κ3) is 3.06. The van der Waals surface area contributed by atoms with E-state index in [9.17, 15) is 10.1 Å². The van der Waals surface area contributed by atoms with Crippen LogP contribution in [0.5, 0.6) is 0 Å². The molecule has 2 aliphatic rings. The first kappa shape index (κ1) is 15.2. The molecule has 2 fully saturated rings. The number of aromatic nitrogens is 1. The summed E-state index contributed by atoms with van der Waals surface area (Å²) in [5.41, 5.74) is 1.38. The first-order valence-corrected chi connectivity index (χ1v) is 8.26. The van der Waals surface area contributed by atoms with Crippen LogP contribution in [0.4, 0.5) is 11.4 Å². The van der Waals surface area contributed by atoms with Gasteiger partial charge in [-0.3, -0.25) is 20.0 Å². The van der Waals surface area contributed by atoms with E-state index in [4.69, 9.17) is 0 Å². The third-order valence-electron chi connectivity index (χ3n) is 5.01. The average molecular weight is 304 g/mol. The number of rotatable bonds is 3. The van der Waals surface area contributed by atoms with Gasteiger partial charge in [0.2, 0.25) is 0 Å². The lowest BCUT2D eigenvalue weighted by Crippen LogP contribution is -2.51. The normalized spacial score (nSPS) is 21.0. The van der Waals surface area contributed by atoms with Gasteiger partial charge in [0.15, 0.2) is 0 Å². The second kappa shape index (κ2) is 6.60. The summed E-state index contributed by atoms with van der Waals surface area (Å²) >= 11 is 0. The molecule has 6 nitrogen and oxygen atoms in total. The fourth-order valence-corrected chi connectivity index (χ4v) is 3.80. The molecule has 0 aromatic carbocycles. The first-order valence-electron chi connectivity index (χ1n) is 8.26. The summed E-state index contributed by atoms with van der Waals surface area (Å²) in [6.45, 7) is 5.44. The van der Waals surface area contributed by atoms with Crippen LogP contribution in [0.3, 0.4) is 0 Å². The molecule has 1 saturated carbocycles. The van der Waals surface area contributed by atoms with E-state index in [1.165, 1.54) is 32.1 Å². The molecule has 0 unspecified atom stereocenters. The van der Waals surface area contributed by atoms with Crippen LogP contribution in [0, 0.1) is 17.0 Å². The van der Waals surface area contributed by atoms with Crippen molar-refractivity contribution < 1.29 is 4.92 Å². The lowest BCUT2D eigenvalue weighted by atomic mass is 9.94. The number of hydrogen-bond donors (Lipinski definition) is 0. The zero-order valence-corrected chi connectivity index (χ0v) is 13.2. The summed E-state index contributed by atoms with van der Waals surface area (Å²) in [5.74, 6) is 0. The molecule has 0 atom stereocenters. The van der Waals surface area contributed by atoms with Crippen LogP contribution < -0.4 is 4.90 Å². The summed E-state index contributed by atoms with van der Waals surface area (Å²) < 4.78 is 0. The summed E-state index contributed by atoms with van der Waals surface area (Å²) in [4.78, 5) is 19.8. The Morgan fingerprint density at radius 3 is 2.50 bits per heavy atom. The van der Waals surface area contributed by atoms with Gasteiger partial charge in [0.05, 0.1) is 4.92 Å². The molecule has 1 aliphatic carbocycles. The average Bonchev–Trinajstić information content (AvgIpc) is 2.55. The van der Waals surface area contributed by atoms with Gasteiger partial charge in [-0.2, -0.15) is 0 Å². The molecular formula is C16H24N4O2. The highest BCUT2D eigenvalue weighted by Gasteiger charge is 2.28. The lowest BCUT2D eigenvalue weighted by molar-refractivity contribution is -0.385. The highest BCUT2D eigenvalue weighted by Crippen LogP contribution is 2.31. The number of piperazine rings is 1. The maximum atomic E-state index is 11.3. The molecule has 1 aliphatic heterocycles. The minimum absolute atomic E-state index is 0.161. The van der Waals surface area contributed by atoms with Crippen LogP contribution in [0.2, 0.25) is 0 Å². The molecule has 3 rings (SSSR count). The maximum absolute atomic E-state index is 11.3. The van der Waals surface area contributed by atoms with E-state index >= 15 is 0 Å². The van der Waals surface area contributed by atoms with Crippen molar-refractivity contribution in [2.24, 2.45) is 0 Å². The molecule has 1 saturated heterocycles. The standard InChI is InChI=1S/C16H24N4O2/c1-13-16(20(21)22)15(7-8-17-13)19-11-9-18(10-12-19)14-5-3-2-4-6-14/h7-8,14H,2-6,9-12H2,1H3. The number of nitro groups is 1. The zero-order chi connectivity index (χ0) is 15.5. The molecule has 0 spiro atoms. The highest BCUT2D eigenvalue weighted by molar-refractivity contribution is 5.64. The van der Waals surface area contributed by atoms with Crippen LogP contribution in [-0.4, -0.2) is 47.0 Å². The van der Waals surface area contributed by atoms with Crippen molar-refractivity contribution in [1.29, 1.82) is 0 Å². The van der Waals surface area contributed by atoms with Gasteiger partial charge in [-0.1, -0.05) is 19.3 Å². The Bertz CT molecular complexity index is 535. The van der Waals surface area contributed by atoms with Gasteiger partial charge in [-0.25, -0.2) is 0 Å². The van der Waals surface area contributed by atoms with Crippen LogP contribution in [0.25, 0.3) is 0 Å². The van der Waals surface area contributed by atoms with Crippen molar-refractivity contribution in [1.82, 2.24) is 9.88 Å². The van der Waals surface area contributed by atoms with Gasteiger partial charge in [-0.15, -0.1) is 0 Å². The molecular weight excluding hydrogens is 280 g/mol. The van der Waals surface area contributed by atoms with E-state index in [0.29, 0.717) is 5.69 Å². The molecule has 120 valence electrons. The largest absolute Gasteiger partial charge is 0.363 e. The summed E-state index contributed by atoms with van der Waals surface area (Å²) in [6.07, 6.45) is 8.37. The Morgan fingerprint density at radius 1 is 1.18 bits per heavy atom. The molecule has 0 amide bonds. The zero-order valence-electron chi connectivity index (χ0n) is 13.2. The molecule has 0 bridgehead atoms. The Labute approximate surface area is 131 Å². The second-order valence-electron chi connectivity index (χ2n) is 6.34. The Kier molecular flexibility index (Phi) is 4.57. The predicted octanol–water partition coefficient (Wildman–Crippen LogP) is 2.75. The molecule has 0 radical (unpaired) electrons. The first-order chi connectivity index (χ1) is 10.7. The van der Waals surface area contributed by atoms with Gasteiger partial charge < -0.3 is 4.90 Å². The minimum Gasteiger partial charge on any atom is -0.363 e. The number of anilines is 1. The SMILES string of the molecule is Cc1nccc(N2CCN(C3CCCCC3)CC2)c1[N+](=O)[O-]. The van der Waals surface area contributed by atoms with Crippen LogP contribution in [-0.2, 0) is 0 Å². The second-order valence-corrected chi connectivity index (χ2v) is 6.34. The van der Waals surface area contributed by atoms with Gasteiger partial charge in [-0.05, 0) is 25.8 Å². The number of hydrogen-bond acceptors (Lipinski definition) is 5. The number of aryl methyl sites for hydroxylation is 1. The van der Waals surface area contributed by atoms with Gasteiger partial charge >= 0.3 is 5.69 Å². The number of pyridine rings is 1. The summed E-state index contributed by atoms with van der Waals surface area (Å²) in [7, 11) is 0. The van der Waals surface area contributed by atoms with E-state index in [0.717, 1.165) is 37.9 Å². The Balaban J connectivity index is 1.69.